The summed E-state index contributed by atoms with van der Waals surface area (Å²) < 4.78 is 27.2. The van der Waals surface area contributed by atoms with Gasteiger partial charge in [0.1, 0.15) is 5.82 Å². The molecule has 8 nitrogen and oxygen atoms in total. The lowest BCUT2D eigenvalue weighted by molar-refractivity contribution is -0.114. The quantitative estimate of drug-likeness (QED) is 0.581. The van der Waals surface area contributed by atoms with Crippen LogP contribution in [0.2, 0.25) is 0 Å². The highest BCUT2D eigenvalue weighted by atomic mass is 19.1. The Labute approximate surface area is 165 Å². The molecule has 1 fully saturated rings. The van der Waals surface area contributed by atoms with Crippen molar-refractivity contribution < 1.29 is 28.9 Å². The molecule has 0 spiro atoms. The average molecular weight is 401 g/mol. The average Bonchev–Trinajstić information content (AvgIpc) is 3.02. The molecule has 0 radical (unpaired) electrons. The van der Waals surface area contributed by atoms with Crippen LogP contribution in [0.15, 0.2) is 24.3 Å². The smallest absolute Gasteiger partial charge is 0.221 e. The van der Waals surface area contributed by atoms with E-state index in [1.54, 1.807) is 18.2 Å². The minimum Gasteiger partial charge on any atom is -0.502 e. The first kappa shape index (κ1) is 19.0. The molecule has 152 valence electrons. The summed E-state index contributed by atoms with van der Waals surface area (Å²) in [5.41, 5.74) is 1.30. The number of fused-ring (bicyclic) bond motifs is 1. The van der Waals surface area contributed by atoms with Gasteiger partial charge in [-0.3, -0.25) is 4.79 Å². The van der Waals surface area contributed by atoms with Gasteiger partial charge < -0.3 is 29.6 Å². The maximum atomic E-state index is 14.9. The van der Waals surface area contributed by atoms with E-state index in [-0.39, 0.29) is 23.0 Å². The first-order valence-electron chi connectivity index (χ1n) is 8.92. The molecule has 1 amide bonds. The molecule has 0 bridgehead atoms. The highest BCUT2D eigenvalue weighted by Crippen LogP contribution is 2.44. The number of aromatic nitrogens is 2. The second-order valence-electron chi connectivity index (χ2n) is 7.28. The highest BCUT2D eigenvalue weighted by Gasteiger charge is 2.39. The Kier molecular flexibility index (Phi) is 4.34. The van der Waals surface area contributed by atoms with Gasteiger partial charge in [-0.25, -0.2) is 9.37 Å². The molecule has 0 unspecified atom stereocenters. The molecule has 1 saturated heterocycles. The molecule has 29 heavy (non-hydrogen) atoms. The van der Waals surface area contributed by atoms with Gasteiger partial charge in [-0.2, -0.15) is 0 Å². The first-order valence-corrected chi connectivity index (χ1v) is 8.92. The number of benzene rings is 2. The van der Waals surface area contributed by atoms with Gasteiger partial charge >= 0.3 is 0 Å². The minimum atomic E-state index is -1.01. The monoisotopic (exact) mass is 401 g/mol. The number of phenolic OH excluding ortho intramolecular Hbond substituents is 2. The van der Waals surface area contributed by atoms with Crippen molar-refractivity contribution in [1.82, 2.24) is 9.55 Å². The standard InChI is InChI=1S/C20H20FN3O5/c1-10(25)22-11-4-5-14-13(6-11)23-19(24(14)20(2)8-29-9-20)12-7-15(28-3)17(26)18(27)16(12)21/h4-7,26-27H,8-9H2,1-3H3,(H,22,25). The van der Waals surface area contributed by atoms with Gasteiger partial charge in [-0.15, -0.1) is 0 Å². The topological polar surface area (TPSA) is 106 Å². The van der Waals surface area contributed by atoms with E-state index in [9.17, 15) is 19.4 Å². The molecule has 4 rings (SSSR count). The van der Waals surface area contributed by atoms with Crippen LogP contribution in [-0.2, 0) is 15.1 Å². The van der Waals surface area contributed by atoms with Crippen LogP contribution in [0.25, 0.3) is 22.4 Å². The predicted molar refractivity (Wildman–Crippen MR) is 104 cm³/mol. The first-order chi connectivity index (χ1) is 13.7. The fraction of sp³-hybridized carbons (Fsp3) is 0.300. The Balaban J connectivity index is 2.00. The van der Waals surface area contributed by atoms with Gasteiger partial charge in [0.2, 0.25) is 11.7 Å². The number of ether oxygens (including phenoxy) is 2. The summed E-state index contributed by atoms with van der Waals surface area (Å²) in [5, 5.41) is 22.6. The largest absolute Gasteiger partial charge is 0.502 e. The molecule has 1 aromatic heterocycles. The van der Waals surface area contributed by atoms with E-state index in [1.165, 1.54) is 20.1 Å². The Morgan fingerprint density at radius 3 is 2.62 bits per heavy atom. The third-order valence-electron chi connectivity index (χ3n) is 4.98. The third-order valence-corrected chi connectivity index (χ3v) is 4.98. The number of amides is 1. The molecule has 9 heteroatoms. The van der Waals surface area contributed by atoms with Gasteiger partial charge in [0.25, 0.3) is 0 Å². The van der Waals surface area contributed by atoms with Crippen LogP contribution in [0.5, 0.6) is 17.2 Å². The lowest BCUT2D eigenvalue weighted by Gasteiger charge is -2.40. The number of anilines is 1. The molecule has 3 N–H and O–H groups in total. The maximum Gasteiger partial charge on any atom is 0.221 e. The van der Waals surface area contributed by atoms with Crippen molar-refractivity contribution in [3.63, 3.8) is 0 Å². The van der Waals surface area contributed by atoms with E-state index in [1.807, 2.05) is 11.5 Å². The Morgan fingerprint density at radius 1 is 1.31 bits per heavy atom. The molecule has 0 aliphatic carbocycles. The minimum absolute atomic E-state index is 0.0254. The van der Waals surface area contributed by atoms with Crippen LogP contribution in [0.4, 0.5) is 10.1 Å². The number of rotatable bonds is 4. The molecular formula is C20H20FN3O5. The molecule has 1 aliphatic heterocycles. The number of methoxy groups -OCH3 is 1. The number of imidazole rings is 1. The van der Waals surface area contributed by atoms with Crippen molar-refractivity contribution in [2.45, 2.75) is 19.4 Å². The zero-order valence-electron chi connectivity index (χ0n) is 16.1. The van der Waals surface area contributed by atoms with E-state index < -0.39 is 22.9 Å². The lowest BCUT2D eigenvalue weighted by Crippen LogP contribution is -2.49. The second kappa shape index (κ2) is 6.63. The van der Waals surface area contributed by atoms with Crippen LogP contribution in [0, 0.1) is 5.82 Å². The lowest BCUT2D eigenvalue weighted by atomic mass is 9.98. The summed E-state index contributed by atoms with van der Waals surface area (Å²) in [5.74, 6) is -2.65. The summed E-state index contributed by atoms with van der Waals surface area (Å²) in [6.07, 6.45) is 0. The Morgan fingerprint density at radius 2 is 2.03 bits per heavy atom. The van der Waals surface area contributed by atoms with Gasteiger partial charge in [0.05, 0.1) is 42.5 Å². The van der Waals surface area contributed by atoms with Gasteiger partial charge in [-0.05, 0) is 31.2 Å². The number of carbonyl (C=O) groups excluding carboxylic acids is 1. The van der Waals surface area contributed by atoms with Gasteiger partial charge in [-0.1, -0.05) is 0 Å². The summed E-state index contributed by atoms with van der Waals surface area (Å²) in [7, 11) is 1.31. The number of nitrogens with zero attached hydrogens (tertiary/aromatic N) is 2. The van der Waals surface area contributed by atoms with Crippen LogP contribution in [0.3, 0.4) is 0 Å². The van der Waals surface area contributed by atoms with Crippen LogP contribution in [-0.4, -0.2) is 46.0 Å². The SMILES string of the molecule is COc1cc(-c2nc3cc(NC(C)=O)ccc3n2C2(C)COC2)c(F)c(O)c1O. The molecule has 3 aromatic rings. The van der Waals surface area contributed by atoms with Crippen LogP contribution in [0.1, 0.15) is 13.8 Å². The number of halogens is 1. The number of carbonyl (C=O) groups is 1. The summed E-state index contributed by atoms with van der Waals surface area (Å²) >= 11 is 0. The Bertz CT molecular complexity index is 1140. The summed E-state index contributed by atoms with van der Waals surface area (Å²) in [6, 6.07) is 6.50. The summed E-state index contributed by atoms with van der Waals surface area (Å²) in [6.45, 7) is 4.17. The van der Waals surface area contributed by atoms with E-state index in [0.717, 1.165) is 0 Å². The number of nitrogens with one attached hydrogen (secondary N) is 1. The fourth-order valence-electron chi connectivity index (χ4n) is 3.54. The zero-order chi connectivity index (χ0) is 20.9. The van der Waals surface area contributed by atoms with Crippen LogP contribution >= 0.6 is 0 Å². The van der Waals surface area contributed by atoms with Crippen molar-refractivity contribution in [2.75, 3.05) is 25.6 Å². The van der Waals surface area contributed by atoms with Crippen LogP contribution < -0.4 is 10.1 Å². The van der Waals surface area contributed by atoms with Crippen molar-refractivity contribution in [3.8, 4) is 28.6 Å². The van der Waals surface area contributed by atoms with E-state index in [4.69, 9.17) is 9.47 Å². The second-order valence-corrected chi connectivity index (χ2v) is 7.28. The van der Waals surface area contributed by atoms with Gasteiger partial charge in [0, 0.05) is 12.6 Å². The molecule has 0 atom stereocenters. The van der Waals surface area contributed by atoms with E-state index >= 15 is 0 Å². The highest BCUT2D eigenvalue weighted by molar-refractivity contribution is 5.92. The molecule has 0 saturated carbocycles. The molecular weight excluding hydrogens is 381 g/mol. The molecule has 2 aromatic carbocycles. The number of hydrogen-bond acceptors (Lipinski definition) is 6. The summed E-state index contributed by atoms with van der Waals surface area (Å²) in [4.78, 5) is 15.9. The fourth-order valence-corrected chi connectivity index (χ4v) is 3.54. The van der Waals surface area contributed by atoms with Crippen molar-refractivity contribution in [3.05, 3.63) is 30.1 Å². The van der Waals surface area contributed by atoms with Crippen molar-refractivity contribution >= 4 is 22.6 Å². The number of phenols is 2. The number of aromatic hydroxyl groups is 2. The predicted octanol–water partition coefficient (Wildman–Crippen LogP) is 2.97. The number of hydrogen-bond donors (Lipinski definition) is 3. The molecule has 2 heterocycles. The Hall–Kier alpha value is -3.33. The maximum absolute atomic E-state index is 14.9. The zero-order valence-corrected chi connectivity index (χ0v) is 16.1. The van der Waals surface area contributed by atoms with Crippen molar-refractivity contribution in [1.29, 1.82) is 0 Å². The molecule has 1 aliphatic rings. The third kappa shape index (κ3) is 2.94. The van der Waals surface area contributed by atoms with Crippen molar-refractivity contribution in [2.24, 2.45) is 0 Å². The van der Waals surface area contributed by atoms with Gasteiger partial charge in [0.15, 0.2) is 17.3 Å². The van der Waals surface area contributed by atoms with E-state index in [2.05, 4.69) is 10.3 Å². The van der Waals surface area contributed by atoms with E-state index in [0.29, 0.717) is 29.9 Å². The normalized spacial score (nSPS) is 15.2.